The van der Waals surface area contributed by atoms with Gasteiger partial charge in [0.05, 0.1) is 19.3 Å². The third kappa shape index (κ3) is 3.73. The summed E-state index contributed by atoms with van der Waals surface area (Å²) in [6, 6.07) is 10.8. The highest BCUT2D eigenvalue weighted by molar-refractivity contribution is 5.77. The molecule has 3 aliphatic rings. The molecule has 0 unspecified atom stereocenters. The number of amides is 1. The van der Waals surface area contributed by atoms with Crippen molar-refractivity contribution in [1.29, 1.82) is 0 Å². The minimum atomic E-state index is 0.247. The largest absolute Gasteiger partial charge is 0.379 e. The lowest BCUT2D eigenvalue weighted by molar-refractivity contribution is -0.132. The van der Waals surface area contributed by atoms with Crippen LogP contribution in [-0.2, 0) is 9.53 Å². The van der Waals surface area contributed by atoms with Crippen LogP contribution in [0.2, 0.25) is 0 Å². The number of nitrogens with zero attached hydrogens (tertiary/aromatic N) is 2. The molecule has 1 N–H and O–H groups in total. The van der Waals surface area contributed by atoms with E-state index in [-0.39, 0.29) is 6.04 Å². The molecule has 3 saturated heterocycles. The normalized spacial score (nSPS) is 29.8. The first kappa shape index (κ1) is 17.0. The van der Waals surface area contributed by atoms with Crippen LogP contribution in [0.3, 0.4) is 0 Å². The first-order valence-corrected chi connectivity index (χ1v) is 9.68. The maximum Gasteiger partial charge on any atom is 0.223 e. The van der Waals surface area contributed by atoms with E-state index >= 15 is 0 Å². The Balaban J connectivity index is 1.38. The molecule has 5 heteroatoms. The molecular weight excluding hydrogens is 314 g/mol. The molecule has 4 rings (SSSR count). The summed E-state index contributed by atoms with van der Waals surface area (Å²) in [5, 5.41) is 3.51. The Morgan fingerprint density at radius 1 is 1.16 bits per heavy atom. The molecule has 0 aliphatic carbocycles. The molecule has 25 heavy (non-hydrogen) atoms. The van der Waals surface area contributed by atoms with E-state index in [1.807, 2.05) is 0 Å². The zero-order valence-electron chi connectivity index (χ0n) is 14.9. The number of carbonyl (C=O) groups is 1. The minimum Gasteiger partial charge on any atom is -0.379 e. The molecule has 3 aliphatic heterocycles. The van der Waals surface area contributed by atoms with Crippen LogP contribution in [0.25, 0.3) is 0 Å². The third-order valence-corrected chi connectivity index (χ3v) is 5.99. The summed E-state index contributed by atoms with van der Waals surface area (Å²) < 4.78 is 5.39. The number of benzene rings is 1. The van der Waals surface area contributed by atoms with Crippen LogP contribution in [0.1, 0.15) is 24.4 Å². The molecule has 0 aromatic heterocycles. The van der Waals surface area contributed by atoms with E-state index in [2.05, 4.69) is 45.4 Å². The van der Waals surface area contributed by atoms with E-state index in [0.717, 1.165) is 58.9 Å². The quantitative estimate of drug-likeness (QED) is 0.880. The van der Waals surface area contributed by atoms with Crippen molar-refractivity contribution in [2.24, 2.45) is 11.8 Å². The summed E-state index contributed by atoms with van der Waals surface area (Å²) in [6.07, 6.45) is 1.61. The fourth-order valence-corrected chi connectivity index (χ4v) is 4.68. The van der Waals surface area contributed by atoms with Crippen LogP contribution in [0.4, 0.5) is 0 Å². The molecule has 3 heterocycles. The van der Waals surface area contributed by atoms with Crippen molar-refractivity contribution >= 4 is 5.91 Å². The van der Waals surface area contributed by atoms with Gasteiger partial charge in [-0.1, -0.05) is 30.3 Å². The minimum absolute atomic E-state index is 0.247. The molecule has 0 radical (unpaired) electrons. The van der Waals surface area contributed by atoms with Gasteiger partial charge in [-0.05, 0) is 24.4 Å². The summed E-state index contributed by atoms with van der Waals surface area (Å²) >= 11 is 0. The van der Waals surface area contributed by atoms with E-state index in [1.165, 1.54) is 5.56 Å². The predicted molar refractivity (Wildman–Crippen MR) is 97.2 cm³/mol. The van der Waals surface area contributed by atoms with E-state index in [0.29, 0.717) is 24.2 Å². The zero-order chi connectivity index (χ0) is 17.1. The Morgan fingerprint density at radius 3 is 2.76 bits per heavy atom. The van der Waals surface area contributed by atoms with Crippen molar-refractivity contribution < 1.29 is 9.53 Å². The fraction of sp³-hybridized carbons (Fsp3) is 0.650. The Bertz CT molecular complexity index is 574. The first-order chi connectivity index (χ1) is 12.3. The van der Waals surface area contributed by atoms with Crippen LogP contribution in [-0.4, -0.2) is 68.2 Å². The second-order valence-electron chi connectivity index (χ2n) is 7.54. The number of likely N-dealkylation sites (tertiary alicyclic amines) is 1. The number of carbonyl (C=O) groups excluding carboxylic acids is 1. The van der Waals surface area contributed by atoms with Gasteiger partial charge in [0.25, 0.3) is 0 Å². The first-order valence-electron chi connectivity index (χ1n) is 9.68. The van der Waals surface area contributed by atoms with Crippen molar-refractivity contribution in [3.05, 3.63) is 35.9 Å². The molecule has 3 fully saturated rings. The highest BCUT2D eigenvalue weighted by atomic mass is 16.5. The average Bonchev–Trinajstić information content (AvgIpc) is 3.24. The van der Waals surface area contributed by atoms with Gasteiger partial charge < -0.3 is 15.0 Å². The number of hydrogen-bond donors (Lipinski definition) is 1. The molecule has 0 spiro atoms. The van der Waals surface area contributed by atoms with Gasteiger partial charge in [0.2, 0.25) is 5.91 Å². The topological polar surface area (TPSA) is 44.8 Å². The lowest BCUT2D eigenvalue weighted by Crippen LogP contribution is -2.38. The highest BCUT2D eigenvalue weighted by Crippen LogP contribution is 2.42. The van der Waals surface area contributed by atoms with E-state index in [1.54, 1.807) is 0 Å². The van der Waals surface area contributed by atoms with Crippen molar-refractivity contribution in [3.63, 3.8) is 0 Å². The fourth-order valence-electron chi connectivity index (χ4n) is 4.68. The molecular formula is C20H29N3O2. The van der Waals surface area contributed by atoms with Crippen LogP contribution in [0.5, 0.6) is 0 Å². The summed E-state index contributed by atoms with van der Waals surface area (Å²) in [4.78, 5) is 17.5. The Morgan fingerprint density at radius 2 is 1.96 bits per heavy atom. The van der Waals surface area contributed by atoms with E-state index in [9.17, 15) is 4.79 Å². The maximum atomic E-state index is 13.0. The molecule has 5 nitrogen and oxygen atoms in total. The molecule has 3 atom stereocenters. The van der Waals surface area contributed by atoms with Gasteiger partial charge in [-0.3, -0.25) is 9.69 Å². The Hall–Kier alpha value is -1.43. The van der Waals surface area contributed by atoms with Gasteiger partial charge in [-0.2, -0.15) is 0 Å². The van der Waals surface area contributed by atoms with Crippen molar-refractivity contribution in [2.45, 2.75) is 18.9 Å². The monoisotopic (exact) mass is 343 g/mol. The number of rotatable bonds is 5. The van der Waals surface area contributed by atoms with Gasteiger partial charge in [0.15, 0.2) is 0 Å². The SMILES string of the molecule is O=C(CCCN1CCOCC1)N1C[C@@H]2CNC[C@@H]2[C@H]1c1ccccc1. The number of ether oxygens (including phenoxy) is 1. The van der Waals surface area contributed by atoms with Gasteiger partial charge >= 0.3 is 0 Å². The Kier molecular flexibility index (Phi) is 5.34. The van der Waals surface area contributed by atoms with Crippen LogP contribution < -0.4 is 5.32 Å². The number of fused-ring (bicyclic) bond motifs is 1. The lowest BCUT2D eigenvalue weighted by Gasteiger charge is -2.29. The molecule has 0 saturated carbocycles. The number of morpholine rings is 1. The number of nitrogens with one attached hydrogen (secondary N) is 1. The summed E-state index contributed by atoms with van der Waals surface area (Å²) in [6.45, 7) is 7.65. The second-order valence-corrected chi connectivity index (χ2v) is 7.54. The van der Waals surface area contributed by atoms with Gasteiger partial charge in [0, 0.05) is 45.1 Å². The molecule has 1 amide bonds. The van der Waals surface area contributed by atoms with Crippen LogP contribution >= 0.6 is 0 Å². The smallest absolute Gasteiger partial charge is 0.223 e. The standard InChI is InChI=1S/C20H29N3O2/c24-19(7-4-8-22-9-11-25-12-10-22)23-15-17-13-21-14-18(17)20(23)16-5-2-1-3-6-16/h1-3,5-6,17-18,20-21H,4,7-15H2/t17-,18-,20+/m0/s1. The number of hydrogen-bond acceptors (Lipinski definition) is 4. The van der Waals surface area contributed by atoms with Crippen molar-refractivity contribution in [1.82, 2.24) is 15.1 Å². The summed E-state index contributed by atoms with van der Waals surface area (Å²) in [5.74, 6) is 1.50. The summed E-state index contributed by atoms with van der Waals surface area (Å²) in [5.41, 5.74) is 1.29. The Labute approximate surface area is 150 Å². The average molecular weight is 343 g/mol. The molecule has 0 bridgehead atoms. The van der Waals surface area contributed by atoms with Crippen LogP contribution in [0.15, 0.2) is 30.3 Å². The molecule has 1 aromatic carbocycles. The molecule has 136 valence electrons. The highest BCUT2D eigenvalue weighted by Gasteiger charge is 2.46. The van der Waals surface area contributed by atoms with E-state index in [4.69, 9.17) is 4.74 Å². The second kappa shape index (κ2) is 7.85. The maximum absolute atomic E-state index is 13.0. The van der Waals surface area contributed by atoms with Gasteiger partial charge in [-0.15, -0.1) is 0 Å². The molecule has 1 aromatic rings. The van der Waals surface area contributed by atoms with Gasteiger partial charge in [0.1, 0.15) is 0 Å². The van der Waals surface area contributed by atoms with Crippen molar-refractivity contribution in [3.8, 4) is 0 Å². The van der Waals surface area contributed by atoms with E-state index < -0.39 is 0 Å². The summed E-state index contributed by atoms with van der Waals surface area (Å²) in [7, 11) is 0. The lowest BCUT2D eigenvalue weighted by atomic mass is 9.89. The zero-order valence-corrected chi connectivity index (χ0v) is 14.9. The predicted octanol–water partition coefficient (Wildman–Crippen LogP) is 1.52. The van der Waals surface area contributed by atoms with Crippen LogP contribution in [0, 0.1) is 11.8 Å². The third-order valence-electron chi connectivity index (χ3n) is 5.99. The van der Waals surface area contributed by atoms with Crippen molar-refractivity contribution in [2.75, 3.05) is 52.5 Å². The van der Waals surface area contributed by atoms with Gasteiger partial charge in [-0.25, -0.2) is 0 Å².